The van der Waals surface area contributed by atoms with E-state index in [9.17, 15) is 44.3 Å². The predicted octanol–water partition coefficient (Wildman–Crippen LogP) is 7.65. The van der Waals surface area contributed by atoms with E-state index < -0.39 is 55.6 Å². The van der Waals surface area contributed by atoms with Gasteiger partial charge < -0.3 is 24.6 Å². The van der Waals surface area contributed by atoms with Crippen molar-refractivity contribution in [2.75, 3.05) is 25.0 Å². The Balaban J connectivity index is 0.000000363. The van der Waals surface area contributed by atoms with Crippen LogP contribution in [-0.2, 0) is 35.2 Å². The van der Waals surface area contributed by atoms with Crippen molar-refractivity contribution in [2.24, 2.45) is 0 Å². The van der Waals surface area contributed by atoms with Crippen molar-refractivity contribution in [3.63, 3.8) is 0 Å². The molecule has 2 aromatic carbocycles. The third-order valence-electron chi connectivity index (χ3n) is 7.52. The van der Waals surface area contributed by atoms with Gasteiger partial charge in [-0.2, -0.15) is 26.3 Å². The van der Waals surface area contributed by atoms with Gasteiger partial charge in [0.25, 0.3) is 15.9 Å². The maximum absolute atomic E-state index is 13.2. The van der Waals surface area contributed by atoms with Crippen LogP contribution < -0.4 is 24.2 Å². The molecule has 294 valence electrons. The van der Waals surface area contributed by atoms with Crippen molar-refractivity contribution in [1.82, 2.24) is 15.5 Å². The fourth-order valence-electron chi connectivity index (χ4n) is 5.13. The molecular formula is C33H34F6N4O8S3. The van der Waals surface area contributed by atoms with Crippen LogP contribution >= 0.6 is 22.7 Å². The summed E-state index contributed by atoms with van der Waals surface area (Å²) >= 11 is 1.30. The molecule has 12 nitrogen and oxygen atoms in total. The first kappa shape index (κ1) is 42.1. The van der Waals surface area contributed by atoms with Crippen LogP contribution in [0.5, 0.6) is 17.2 Å². The fraction of sp³-hybridized carbons (Fsp3) is 0.394. The zero-order valence-corrected chi connectivity index (χ0v) is 31.6. The number of nitrogens with zero attached hydrogens (tertiary/aromatic N) is 2. The number of alkyl halides is 6. The van der Waals surface area contributed by atoms with Crippen molar-refractivity contribution in [3.8, 4) is 17.2 Å². The minimum atomic E-state index is -4.58. The second kappa shape index (κ2) is 16.8. The van der Waals surface area contributed by atoms with Gasteiger partial charge in [-0.05, 0) is 68.1 Å². The quantitative estimate of drug-likeness (QED) is 0.121. The van der Waals surface area contributed by atoms with Crippen molar-refractivity contribution in [3.05, 3.63) is 73.4 Å². The number of amides is 1. The SMILES string of the molecule is CCOc1cc(C(F)(F)F)ccc1C(=O)NC1Cc2cc(OC)c(S(=O)(=O)Nc3nnc(C(C)C)s3)cc2C1.CCOc1cc(C(F)(F)F)sc1C(=O)O. The molecule has 0 saturated carbocycles. The summed E-state index contributed by atoms with van der Waals surface area (Å²) in [5.74, 6) is -2.19. The van der Waals surface area contributed by atoms with Crippen LogP contribution in [0.3, 0.4) is 0 Å². The summed E-state index contributed by atoms with van der Waals surface area (Å²) in [7, 11) is -2.71. The molecule has 0 radical (unpaired) electrons. The van der Waals surface area contributed by atoms with Crippen molar-refractivity contribution < 1.29 is 63.7 Å². The predicted molar refractivity (Wildman–Crippen MR) is 187 cm³/mol. The number of aromatic nitrogens is 2. The number of carboxylic acid groups (broad SMARTS) is 1. The first-order valence-electron chi connectivity index (χ1n) is 16.0. The van der Waals surface area contributed by atoms with E-state index in [0.29, 0.717) is 29.5 Å². The van der Waals surface area contributed by atoms with E-state index in [0.717, 1.165) is 35.1 Å². The summed E-state index contributed by atoms with van der Waals surface area (Å²) in [6.45, 7) is 7.22. The molecule has 2 heterocycles. The normalized spacial score (nSPS) is 14.2. The Morgan fingerprint density at radius 3 is 2.07 bits per heavy atom. The van der Waals surface area contributed by atoms with Gasteiger partial charge in [-0.15, -0.1) is 21.5 Å². The smallest absolute Gasteiger partial charge is 0.425 e. The minimum absolute atomic E-state index is 0.0244. The average molecular weight is 825 g/mol. The second-order valence-electron chi connectivity index (χ2n) is 11.7. The number of methoxy groups -OCH3 is 1. The van der Waals surface area contributed by atoms with Crippen LogP contribution in [0.4, 0.5) is 31.5 Å². The Kier molecular flexibility index (Phi) is 13.1. The number of carboxylic acids is 1. The van der Waals surface area contributed by atoms with Crippen LogP contribution in [0.15, 0.2) is 41.3 Å². The van der Waals surface area contributed by atoms with E-state index in [4.69, 9.17) is 19.3 Å². The number of anilines is 1. The van der Waals surface area contributed by atoms with Crippen molar-refractivity contribution in [1.29, 1.82) is 0 Å². The molecule has 1 atom stereocenters. The van der Waals surface area contributed by atoms with Gasteiger partial charge in [0.05, 0.1) is 31.5 Å². The molecule has 4 aromatic rings. The molecule has 1 amide bonds. The first-order chi connectivity index (χ1) is 25.2. The lowest BCUT2D eigenvalue weighted by Gasteiger charge is -2.16. The van der Waals surface area contributed by atoms with Crippen molar-refractivity contribution >= 4 is 49.7 Å². The molecule has 2 aromatic heterocycles. The number of rotatable bonds is 12. The van der Waals surface area contributed by atoms with Crippen LogP contribution in [0.1, 0.15) is 80.2 Å². The number of aromatic carboxylic acids is 1. The number of fused-ring (bicyclic) bond motifs is 1. The number of ether oxygens (including phenoxy) is 3. The van der Waals surface area contributed by atoms with Gasteiger partial charge in [0.1, 0.15) is 32.0 Å². The lowest BCUT2D eigenvalue weighted by Crippen LogP contribution is -2.35. The van der Waals surface area contributed by atoms with Gasteiger partial charge in [0.15, 0.2) is 4.88 Å². The number of hydrogen-bond donors (Lipinski definition) is 3. The molecule has 0 aliphatic heterocycles. The molecular weight excluding hydrogens is 791 g/mol. The van der Waals surface area contributed by atoms with Crippen LogP contribution in [0, 0.1) is 0 Å². The second-order valence-corrected chi connectivity index (χ2v) is 15.4. The van der Waals surface area contributed by atoms with Crippen LogP contribution in [-0.4, -0.2) is 62.0 Å². The number of carbonyl (C=O) groups is 2. The third-order valence-corrected chi connectivity index (χ3v) is 11.3. The number of sulfonamides is 1. The lowest BCUT2D eigenvalue weighted by atomic mass is 10.1. The number of benzene rings is 2. The lowest BCUT2D eigenvalue weighted by molar-refractivity contribution is -0.137. The zero-order valence-electron chi connectivity index (χ0n) is 29.1. The summed E-state index contributed by atoms with van der Waals surface area (Å²) in [5.41, 5.74) is 0.536. The number of nitrogens with one attached hydrogen (secondary N) is 2. The minimum Gasteiger partial charge on any atom is -0.495 e. The molecule has 54 heavy (non-hydrogen) atoms. The fourth-order valence-corrected chi connectivity index (χ4v) is 8.11. The largest absolute Gasteiger partial charge is 0.495 e. The van der Waals surface area contributed by atoms with E-state index >= 15 is 0 Å². The van der Waals surface area contributed by atoms with Gasteiger partial charge in [-0.3, -0.25) is 9.52 Å². The maximum Gasteiger partial charge on any atom is 0.425 e. The third kappa shape index (κ3) is 10.1. The summed E-state index contributed by atoms with van der Waals surface area (Å²) in [6, 6.07) is 6.12. The highest BCUT2D eigenvalue weighted by molar-refractivity contribution is 7.93. The van der Waals surface area contributed by atoms with E-state index in [1.807, 2.05) is 13.8 Å². The highest BCUT2D eigenvalue weighted by Gasteiger charge is 2.36. The maximum atomic E-state index is 13.2. The van der Waals surface area contributed by atoms with E-state index in [2.05, 4.69) is 20.2 Å². The molecule has 3 N–H and O–H groups in total. The number of carbonyl (C=O) groups excluding carboxylic acids is 1. The molecule has 1 aliphatic rings. The number of hydrogen-bond acceptors (Lipinski definition) is 11. The summed E-state index contributed by atoms with van der Waals surface area (Å²) < 4.78 is 120. The number of thiophene rings is 1. The Morgan fingerprint density at radius 1 is 0.907 bits per heavy atom. The van der Waals surface area contributed by atoms with Gasteiger partial charge in [-0.1, -0.05) is 25.2 Å². The monoisotopic (exact) mass is 824 g/mol. The Morgan fingerprint density at radius 2 is 1.54 bits per heavy atom. The highest BCUT2D eigenvalue weighted by atomic mass is 32.2. The molecule has 1 aliphatic carbocycles. The van der Waals surface area contributed by atoms with Gasteiger partial charge >= 0.3 is 18.3 Å². The molecule has 0 saturated heterocycles. The molecule has 1 unspecified atom stereocenters. The molecule has 21 heteroatoms. The average Bonchev–Trinajstić information content (AvgIpc) is 3.82. The van der Waals surface area contributed by atoms with Crippen LogP contribution in [0.25, 0.3) is 0 Å². The molecule has 0 spiro atoms. The molecule has 0 bridgehead atoms. The van der Waals surface area contributed by atoms with Gasteiger partial charge in [-0.25, -0.2) is 13.2 Å². The van der Waals surface area contributed by atoms with Gasteiger partial charge in [0, 0.05) is 18.0 Å². The summed E-state index contributed by atoms with van der Waals surface area (Å²) in [4.78, 5) is 22.1. The number of halogens is 6. The van der Waals surface area contributed by atoms with E-state index in [-0.39, 0.29) is 63.3 Å². The Labute approximate surface area is 313 Å². The standard InChI is InChI=1S/C25H27F3N4O5S2.C8H7F3O3S/c1-5-37-19-12-16(25(26,27)28)6-7-18(19)22(33)29-17-8-14-10-20(36-4)21(11-15(14)9-17)39(34,35)32-24-31-30-23(38-24)13(2)3;1-2-14-4-3-5(8(9,10)11)15-6(4)7(12)13/h6-7,10-13,17H,5,8-9H2,1-4H3,(H,29,33)(H,31,32);3H,2H2,1H3,(H,12,13). The summed E-state index contributed by atoms with van der Waals surface area (Å²) in [5, 5.41) is 20.2. The Hall–Kier alpha value is -4.63. The van der Waals surface area contributed by atoms with Crippen molar-refractivity contribution in [2.45, 2.75) is 69.7 Å². The van der Waals surface area contributed by atoms with E-state index in [1.54, 1.807) is 19.9 Å². The zero-order chi connectivity index (χ0) is 40.2. The topological polar surface area (TPSA) is 166 Å². The van der Waals surface area contributed by atoms with E-state index in [1.165, 1.54) is 13.2 Å². The van der Waals surface area contributed by atoms with Gasteiger partial charge in [0.2, 0.25) is 5.13 Å². The Bertz CT molecular complexity index is 2100. The molecule has 5 rings (SSSR count). The highest BCUT2D eigenvalue weighted by Crippen LogP contribution is 2.40. The first-order valence-corrected chi connectivity index (χ1v) is 19.1. The van der Waals surface area contributed by atoms with Crippen LogP contribution in [0.2, 0.25) is 0 Å². The molecule has 0 fully saturated rings. The summed E-state index contributed by atoms with van der Waals surface area (Å²) in [6.07, 6.45) is -8.42.